The Kier molecular flexibility index (Phi) is 9.95. The Morgan fingerprint density at radius 2 is 1.55 bits per heavy atom. The average molecular weight is 631 g/mol. The van der Waals surface area contributed by atoms with Crippen LogP contribution in [0.15, 0.2) is 95.5 Å². The van der Waals surface area contributed by atoms with Crippen molar-refractivity contribution < 1.29 is 0 Å². The summed E-state index contributed by atoms with van der Waals surface area (Å²) in [6.07, 6.45) is 51.8. The maximum absolute atomic E-state index is 4.06. The van der Waals surface area contributed by atoms with Gasteiger partial charge in [0.05, 0.1) is 0 Å². The minimum absolute atomic E-state index is 0.633. The van der Waals surface area contributed by atoms with Crippen LogP contribution < -0.4 is 10.6 Å². The number of nitrogens with one attached hydrogen (secondary N) is 2. The molecule has 11 atom stereocenters. The molecule has 1 aliphatic heterocycles. The molecule has 2 heteroatoms. The van der Waals surface area contributed by atoms with Crippen LogP contribution in [0.25, 0.3) is 0 Å². The summed E-state index contributed by atoms with van der Waals surface area (Å²) in [6, 6.07) is 0.633. The van der Waals surface area contributed by atoms with Crippen molar-refractivity contribution in [1.29, 1.82) is 0 Å². The molecule has 3 fully saturated rings. The van der Waals surface area contributed by atoms with Crippen molar-refractivity contribution in [2.75, 3.05) is 6.54 Å². The van der Waals surface area contributed by atoms with Crippen LogP contribution in [-0.4, -0.2) is 12.6 Å². The standard InChI is InChI=1S/C45H62N2/c1-2-31-26-40(29-43(31)44-16-9-25-46-44)37-13-8-12-36(28-37)39-23-24-42(45(30-39)47-41-14-4-3-5-15-41)34-20-17-33(18-21-34)38-22-19-32-10-6-7-11-35(32)27-38/h4,6-7,10-11,14-15,17,20,26,29-39,42,44,46-47H,2-3,5,8-9,12-13,16,18-19,21-25,27-28H2,1H3. The van der Waals surface area contributed by atoms with Gasteiger partial charge in [-0.05, 0) is 173 Å². The fourth-order valence-electron chi connectivity index (χ4n) is 11.4. The van der Waals surface area contributed by atoms with Gasteiger partial charge in [0, 0.05) is 23.4 Å². The van der Waals surface area contributed by atoms with Crippen molar-refractivity contribution in [3.05, 3.63) is 95.5 Å². The topological polar surface area (TPSA) is 24.1 Å². The third kappa shape index (κ3) is 7.06. The Labute approximate surface area is 286 Å². The molecule has 1 saturated heterocycles. The lowest BCUT2D eigenvalue weighted by Gasteiger charge is -2.42. The van der Waals surface area contributed by atoms with E-state index in [0.717, 1.165) is 41.4 Å². The molecule has 0 aromatic carbocycles. The first kappa shape index (κ1) is 31.9. The number of fused-ring (bicyclic) bond motifs is 1. The fraction of sp³-hybridized carbons (Fsp3) is 0.644. The average Bonchev–Trinajstić information content (AvgIpc) is 3.83. The first-order valence-corrected chi connectivity index (χ1v) is 20.3. The number of hydrogen-bond acceptors (Lipinski definition) is 2. The van der Waals surface area contributed by atoms with Crippen LogP contribution in [0.1, 0.15) is 110 Å². The summed E-state index contributed by atoms with van der Waals surface area (Å²) in [7, 11) is 0. The molecule has 7 aliphatic carbocycles. The van der Waals surface area contributed by atoms with Gasteiger partial charge in [-0.3, -0.25) is 0 Å². The summed E-state index contributed by atoms with van der Waals surface area (Å²) >= 11 is 0. The number of allylic oxidation sites excluding steroid dienone is 14. The second-order valence-corrected chi connectivity index (χ2v) is 16.8. The van der Waals surface area contributed by atoms with E-state index in [1.807, 2.05) is 0 Å². The Morgan fingerprint density at radius 3 is 2.36 bits per heavy atom. The summed E-state index contributed by atoms with van der Waals surface area (Å²) in [5, 5.41) is 7.87. The van der Waals surface area contributed by atoms with Crippen LogP contribution in [-0.2, 0) is 0 Å². The Hall–Kier alpha value is -2.32. The molecule has 1 heterocycles. The van der Waals surface area contributed by atoms with Crippen molar-refractivity contribution in [3.8, 4) is 0 Å². The third-order valence-corrected chi connectivity index (χ3v) is 14.1. The van der Waals surface area contributed by atoms with Gasteiger partial charge in [-0.25, -0.2) is 0 Å². The molecule has 8 rings (SSSR count). The van der Waals surface area contributed by atoms with Crippen LogP contribution in [0.5, 0.6) is 0 Å². The number of rotatable bonds is 8. The smallest absolute Gasteiger partial charge is 0.0338 e. The van der Waals surface area contributed by atoms with E-state index in [1.54, 1.807) is 16.8 Å². The second-order valence-electron chi connectivity index (χ2n) is 16.8. The van der Waals surface area contributed by atoms with Crippen LogP contribution in [0.3, 0.4) is 0 Å². The molecule has 0 aromatic rings. The summed E-state index contributed by atoms with van der Waals surface area (Å²) in [5.41, 5.74) is 6.32. The van der Waals surface area contributed by atoms with Gasteiger partial charge in [0.1, 0.15) is 0 Å². The fourth-order valence-corrected chi connectivity index (χ4v) is 11.4. The zero-order chi connectivity index (χ0) is 31.6. The zero-order valence-corrected chi connectivity index (χ0v) is 29.3. The maximum Gasteiger partial charge on any atom is 0.0338 e. The van der Waals surface area contributed by atoms with Gasteiger partial charge in [0.25, 0.3) is 0 Å². The van der Waals surface area contributed by atoms with E-state index in [4.69, 9.17) is 0 Å². The molecular formula is C45H62N2. The van der Waals surface area contributed by atoms with Crippen molar-refractivity contribution >= 4 is 0 Å². The Balaban J connectivity index is 0.958. The van der Waals surface area contributed by atoms with Crippen molar-refractivity contribution in [3.63, 3.8) is 0 Å². The summed E-state index contributed by atoms with van der Waals surface area (Å²) in [4.78, 5) is 0. The van der Waals surface area contributed by atoms with Gasteiger partial charge in [-0.1, -0.05) is 80.2 Å². The highest BCUT2D eigenvalue weighted by Crippen LogP contribution is 2.49. The second kappa shape index (κ2) is 14.7. The maximum atomic E-state index is 4.06. The zero-order valence-electron chi connectivity index (χ0n) is 29.3. The highest BCUT2D eigenvalue weighted by atomic mass is 14.9. The van der Waals surface area contributed by atoms with Gasteiger partial charge in [0.15, 0.2) is 0 Å². The highest BCUT2D eigenvalue weighted by molar-refractivity contribution is 5.40. The minimum atomic E-state index is 0.633. The van der Waals surface area contributed by atoms with Gasteiger partial charge < -0.3 is 10.6 Å². The molecule has 11 unspecified atom stereocenters. The molecule has 0 spiro atoms. The summed E-state index contributed by atoms with van der Waals surface area (Å²) < 4.78 is 0. The van der Waals surface area contributed by atoms with E-state index < -0.39 is 0 Å². The molecule has 252 valence electrons. The highest BCUT2D eigenvalue weighted by Gasteiger charge is 2.38. The van der Waals surface area contributed by atoms with Crippen molar-refractivity contribution in [1.82, 2.24) is 10.6 Å². The van der Waals surface area contributed by atoms with Gasteiger partial charge in [0.2, 0.25) is 0 Å². The predicted octanol–water partition coefficient (Wildman–Crippen LogP) is 10.9. The number of hydrogen-bond donors (Lipinski definition) is 2. The lowest BCUT2D eigenvalue weighted by molar-refractivity contribution is 0.180. The molecular weight excluding hydrogens is 569 g/mol. The van der Waals surface area contributed by atoms with Gasteiger partial charge in [-0.2, -0.15) is 0 Å². The van der Waals surface area contributed by atoms with Crippen LogP contribution in [0, 0.1) is 59.2 Å². The van der Waals surface area contributed by atoms with Gasteiger partial charge >= 0.3 is 0 Å². The first-order chi connectivity index (χ1) is 23.2. The Bertz CT molecular complexity index is 1360. The minimum Gasteiger partial charge on any atom is -0.359 e. The van der Waals surface area contributed by atoms with Crippen LogP contribution >= 0.6 is 0 Å². The van der Waals surface area contributed by atoms with Crippen molar-refractivity contribution in [2.45, 2.75) is 116 Å². The van der Waals surface area contributed by atoms with Crippen LogP contribution in [0.2, 0.25) is 0 Å². The van der Waals surface area contributed by atoms with Gasteiger partial charge in [-0.15, -0.1) is 0 Å². The molecule has 0 bridgehead atoms. The van der Waals surface area contributed by atoms with E-state index in [1.165, 1.54) is 115 Å². The molecule has 2 nitrogen and oxygen atoms in total. The lowest BCUT2D eigenvalue weighted by Crippen LogP contribution is -2.34. The van der Waals surface area contributed by atoms with E-state index in [2.05, 4.69) is 90.5 Å². The summed E-state index contributed by atoms with van der Waals surface area (Å²) in [6.45, 7) is 3.59. The molecule has 0 aromatic heterocycles. The molecule has 2 saturated carbocycles. The quantitative estimate of drug-likeness (QED) is 0.261. The Morgan fingerprint density at radius 1 is 0.723 bits per heavy atom. The first-order valence-electron chi connectivity index (χ1n) is 20.3. The van der Waals surface area contributed by atoms with E-state index in [0.29, 0.717) is 23.8 Å². The normalized spacial score (nSPS) is 41.6. The molecule has 2 N–H and O–H groups in total. The summed E-state index contributed by atoms with van der Waals surface area (Å²) in [5.74, 6) is 7.59. The monoisotopic (exact) mass is 630 g/mol. The SMILES string of the molecule is CCC1C=C(C2CCCC(C3C=C(NC4=CCCC=C4)C(C4C=CC(C5CCC6C=CC=CC6C5)CC4)CC3)C2)C=C1C1CCCN1. The molecule has 0 radical (unpaired) electrons. The van der Waals surface area contributed by atoms with Crippen molar-refractivity contribution in [2.24, 2.45) is 59.2 Å². The van der Waals surface area contributed by atoms with Crippen LogP contribution in [0.4, 0.5) is 0 Å². The predicted molar refractivity (Wildman–Crippen MR) is 198 cm³/mol. The largest absolute Gasteiger partial charge is 0.359 e. The van der Waals surface area contributed by atoms with E-state index >= 15 is 0 Å². The van der Waals surface area contributed by atoms with E-state index in [-0.39, 0.29) is 0 Å². The molecule has 0 amide bonds. The molecule has 47 heavy (non-hydrogen) atoms. The van der Waals surface area contributed by atoms with E-state index in [9.17, 15) is 0 Å². The third-order valence-electron chi connectivity index (χ3n) is 14.1. The lowest BCUT2D eigenvalue weighted by atomic mass is 9.64. The molecule has 8 aliphatic rings.